The van der Waals surface area contributed by atoms with Crippen LogP contribution in [0.3, 0.4) is 0 Å². The van der Waals surface area contributed by atoms with Gasteiger partial charge in [0.05, 0.1) is 24.5 Å². The van der Waals surface area contributed by atoms with Crippen molar-refractivity contribution in [1.29, 1.82) is 0 Å². The summed E-state index contributed by atoms with van der Waals surface area (Å²) in [5.41, 5.74) is 2.71. The summed E-state index contributed by atoms with van der Waals surface area (Å²) in [6.45, 7) is 2.41. The van der Waals surface area contributed by atoms with E-state index < -0.39 is 0 Å². The second-order valence-electron chi connectivity index (χ2n) is 5.20. The lowest BCUT2D eigenvalue weighted by molar-refractivity contribution is -0.138. The van der Waals surface area contributed by atoms with E-state index in [4.69, 9.17) is 9.90 Å². The van der Waals surface area contributed by atoms with Crippen LogP contribution in [0.15, 0.2) is 30.6 Å². The Balaban J connectivity index is 0.000000595. The third-order valence-corrected chi connectivity index (χ3v) is 3.85. The summed E-state index contributed by atoms with van der Waals surface area (Å²) in [6, 6.07) is 6.45. The van der Waals surface area contributed by atoms with Gasteiger partial charge in [-0.2, -0.15) is 0 Å². The van der Waals surface area contributed by atoms with Crippen LogP contribution in [0, 0.1) is 12.7 Å². The summed E-state index contributed by atoms with van der Waals surface area (Å²) in [5, 5.41) is 6.89. The smallest absolute Gasteiger partial charge is 0.290 e. The lowest BCUT2D eigenvalue weighted by Crippen LogP contribution is -2.45. The number of carboxylic acid groups (broad SMARTS) is 1. The van der Waals surface area contributed by atoms with Gasteiger partial charge in [0.2, 0.25) is 5.91 Å². The Labute approximate surface area is 133 Å². The fraction of sp³-hybridized carbons (Fsp3) is 0.312. The molecule has 1 saturated heterocycles. The van der Waals surface area contributed by atoms with Crippen molar-refractivity contribution in [1.82, 2.24) is 14.9 Å². The largest absolute Gasteiger partial charge is 0.483 e. The summed E-state index contributed by atoms with van der Waals surface area (Å²) in [5.74, 6) is -0.182. The van der Waals surface area contributed by atoms with Crippen LogP contribution in [0.5, 0.6) is 0 Å². The molecule has 1 amide bonds. The number of imidazole rings is 1. The van der Waals surface area contributed by atoms with Crippen LogP contribution in [0.1, 0.15) is 29.4 Å². The fourth-order valence-corrected chi connectivity index (χ4v) is 2.53. The molecule has 0 spiro atoms. The molecule has 0 aliphatic carbocycles. The molecule has 1 unspecified atom stereocenters. The van der Waals surface area contributed by atoms with Crippen LogP contribution in [0.4, 0.5) is 4.39 Å². The number of carbonyl (C=O) groups is 2. The zero-order chi connectivity index (χ0) is 16.8. The molecule has 3 rings (SSSR count). The Morgan fingerprint density at radius 1 is 1.48 bits per heavy atom. The highest BCUT2D eigenvalue weighted by Gasteiger charge is 2.33. The van der Waals surface area contributed by atoms with Crippen molar-refractivity contribution in [2.75, 3.05) is 6.54 Å². The standard InChI is InChI=1S/C15H16FN3O.CH2O2/c1-10-13(18-9-17-10)8-15(20)19-7-6-14(19)11-2-4-12(16)5-3-11;2-1-3/h2-5,9,14H,6-8H2,1H3,(H,17,18);1H,(H,2,3). The molecule has 1 atom stereocenters. The van der Waals surface area contributed by atoms with Gasteiger partial charge in [-0.15, -0.1) is 0 Å². The Morgan fingerprint density at radius 3 is 2.61 bits per heavy atom. The minimum absolute atomic E-state index is 0.0702. The number of benzene rings is 1. The number of aromatic amines is 1. The van der Waals surface area contributed by atoms with Crippen molar-refractivity contribution < 1.29 is 19.1 Å². The van der Waals surface area contributed by atoms with E-state index in [-0.39, 0.29) is 24.2 Å². The Morgan fingerprint density at radius 2 is 2.13 bits per heavy atom. The van der Waals surface area contributed by atoms with Crippen LogP contribution in [0.2, 0.25) is 0 Å². The number of nitrogens with one attached hydrogen (secondary N) is 1. The molecule has 122 valence electrons. The third-order valence-electron chi connectivity index (χ3n) is 3.85. The number of amides is 1. The minimum atomic E-state index is -0.252. The Kier molecular flexibility index (Phi) is 5.46. The van der Waals surface area contributed by atoms with E-state index in [1.54, 1.807) is 18.5 Å². The second kappa shape index (κ2) is 7.53. The molecule has 0 radical (unpaired) electrons. The van der Waals surface area contributed by atoms with Crippen molar-refractivity contribution in [2.45, 2.75) is 25.8 Å². The molecule has 1 aliphatic heterocycles. The van der Waals surface area contributed by atoms with Crippen molar-refractivity contribution in [2.24, 2.45) is 0 Å². The van der Waals surface area contributed by atoms with Crippen LogP contribution in [-0.2, 0) is 16.0 Å². The topological polar surface area (TPSA) is 86.3 Å². The second-order valence-corrected chi connectivity index (χ2v) is 5.20. The van der Waals surface area contributed by atoms with Crippen LogP contribution in [-0.4, -0.2) is 38.9 Å². The van der Waals surface area contributed by atoms with Gasteiger partial charge in [-0.25, -0.2) is 9.37 Å². The summed E-state index contributed by atoms with van der Waals surface area (Å²) in [6.07, 6.45) is 2.84. The van der Waals surface area contributed by atoms with Gasteiger partial charge in [-0.3, -0.25) is 9.59 Å². The molecule has 23 heavy (non-hydrogen) atoms. The lowest BCUT2D eigenvalue weighted by Gasteiger charge is -2.41. The normalized spacial score (nSPS) is 16.1. The molecule has 7 heteroatoms. The summed E-state index contributed by atoms with van der Waals surface area (Å²) < 4.78 is 12.9. The molecule has 2 aromatic rings. The minimum Gasteiger partial charge on any atom is -0.483 e. The van der Waals surface area contributed by atoms with Gasteiger partial charge in [0.1, 0.15) is 5.82 Å². The Hall–Kier alpha value is -2.70. The monoisotopic (exact) mass is 319 g/mol. The molecular weight excluding hydrogens is 301 g/mol. The highest BCUT2D eigenvalue weighted by Crippen LogP contribution is 2.33. The van der Waals surface area contributed by atoms with E-state index in [2.05, 4.69) is 9.97 Å². The molecule has 0 bridgehead atoms. The first-order chi connectivity index (χ1) is 11.1. The number of aryl methyl sites for hydroxylation is 1. The maximum Gasteiger partial charge on any atom is 0.290 e. The molecular formula is C16H18FN3O3. The lowest BCUT2D eigenvalue weighted by atomic mass is 9.94. The predicted molar refractivity (Wildman–Crippen MR) is 81.2 cm³/mol. The van der Waals surface area contributed by atoms with Gasteiger partial charge in [0.25, 0.3) is 6.47 Å². The number of hydrogen-bond donors (Lipinski definition) is 2. The summed E-state index contributed by atoms with van der Waals surface area (Å²) >= 11 is 0. The van der Waals surface area contributed by atoms with Gasteiger partial charge >= 0.3 is 0 Å². The number of likely N-dealkylation sites (tertiary alicyclic amines) is 1. The zero-order valence-electron chi connectivity index (χ0n) is 12.7. The average Bonchev–Trinajstić information content (AvgIpc) is 2.86. The van der Waals surface area contributed by atoms with Gasteiger partial charge in [-0.05, 0) is 31.0 Å². The van der Waals surface area contributed by atoms with Gasteiger partial charge < -0.3 is 15.0 Å². The number of carbonyl (C=O) groups excluding carboxylic acids is 1. The zero-order valence-corrected chi connectivity index (χ0v) is 12.7. The predicted octanol–water partition coefficient (Wildman–Crippen LogP) is 2.07. The fourth-order valence-electron chi connectivity index (χ4n) is 2.53. The highest BCUT2D eigenvalue weighted by atomic mass is 19.1. The molecule has 1 aromatic heterocycles. The molecule has 6 nitrogen and oxygen atoms in total. The van der Waals surface area contributed by atoms with Crippen molar-refractivity contribution in [3.05, 3.63) is 53.4 Å². The first kappa shape index (κ1) is 16.7. The van der Waals surface area contributed by atoms with Gasteiger partial charge in [0, 0.05) is 12.2 Å². The van der Waals surface area contributed by atoms with E-state index in [1.807, 2.05) is 11.8 Å². The first-order valence-corrected chi connectivity index (χ1v) is 7.18. The molecule has 1 aromatic carbocycles. The quantitative estimate of drug-likeness (QED) is 0.848. The van der Waals surface area contributed by atoms with E-state index in [0.717, 1.165) is 29.9 Å². The maximum absolute atomic E-state index is 12.9. The summed E-state index contributed by atoms with van der Waals surface area (Å²) in [4.78, 5) is 29.6. The maximum atomic E-state index is 12.9. The van der Waals surface area contributed by atoms with Crippen molar-refractivity contribution >= 4 is 12.4 Å². The Bertz CT molecular complexity index is 669. The van der Waals surface area contributed by atoms with E-state index >= 15 is 0 Å². The van der Waals surface area contributed by atoms with Crippen molar-refractivity contribution in [3.63, 3.8) is 0 Å². The van der Waals surface area contributed by atoms with Gasteiger partial charge in [0.15, 0.2) is 0 Å². The summed E-state index contributed by atoms with van der Waals surface area (Å²) in [7, 11) is 0. The van der Waals surface area contributed by atoms with Crippen LogP contribution in [0.25, 0.3) is 0 Å². The SMILES string of the molecule is Cc1[nH]cnc1CC(=O)N1CCC1c1ccc(F)cc1.O=CO. The number of nitrogens with zero attached hydrogens (tertiary/aromatic N) is 2. The molecule has 0 saturated carbocycles. The third kappa shape index (κ3) is 3.94. The van der Waals surface area contributed by atoms with Crippen molar-refractivity contribution in [3.8, 4) is 0 Å². The first-order valence-electron chi connectivity index (χ1n) is 7.18. The number of H-pyrrole nitrogens is 1. The van der Waals surface area contributed by atoms with E-state index in [0.29, 0.717) is 6.42 Å². The number of hydrogen-bond acceptors (Lipinski definition) is 3. The number of halogens is 1. The van der Waals surface area contributed by atoms with E-state index in [9.17, 15) is 9.18 Å². The van der Waals surface area contributed by atoms with Gasteiger partial charge in [-0.1, -0.05) is 12.1 Å². The molecule has 2 N–H and O–H groups in total. The average molecular weight is 319 g/mol. The van der Waals surface area contributed by atoms with Crippen LogP contribution < -0.4 is 0 Å². The number of aromatic nitrogens is 2. The molecule has 2 heterocycles. The van der Waals surface area contributed by atoms with E-state index in [1.165, 1.54) is 12.1 Å². The highest BCUT2D eigenvalue weighted by molar-refractivity contribution is 5.79. The number of rotatable bonds is 3. The molecule has 1 fully saturated rings. The van der Waals surface area contributed by atoms with Crippen LogP contribution >= 0.6 is 0 Å². The molecule has 1 aliphatic rings.